The number of carbonyl (C=O) groups excluding carboxylic acids is 1. The number of rotatable bonds is 1. The maximum atomic E-state index is 11.1. The summed E-state index contributed by atoms with van der Waals surface area (Å²) in [7, 11) is 0. The predicted molar refractivity (Wildman–Crippen MR) is 51.5 cm³/mol. The van der Waals surface area contributed by atoms with E-state index in [-0.39, 0.29) is 23.7 Å². The summed E-state index contributed by atoms with van der Waals surface area (Å²) >= 11 is 0. The molecule has 13 heavy (non-hydrogen) atoms. The highest BCUT2D eigenvalue weighted by Gasteiger charge is 2.42. The standard InChI is InChI=1S/C10H19NO2/c1-6(2)7-8(10(3,4)5)13-9(12)11-7/h6-8H,1-5H3,(H,11,12). The molecule has 2 unspecified atom stereocenters. The summed E-state index contributed by atoms with van der Waals surface area (Å²) in [6, 6.07) is 0.146. The zero-order valence-corrected chi connectivity index (χ0v) is 9.05. The van der Waals surface area contributed by atoms with Gasteiger partial charge in [0, 0.05) is 5.41 Å². The minimum absolute atomic E-state index is 0.00803. The average Bonchev–Trinajstić information content (AvgIpc) is 2.29. The molecule has 2 atom stereocenters. The number of hydrogen-bond acceptors (Lipinski definition) is 2. The van der Waals surface area contributed by atoms with Gasteiger partial charge in [0.25, 0.3) is 0 Å². The lowest BCUT2D eigenvalue weighted by Gasteiger charge is -2.31. The Bertz CT molecular complexity index is 205. The Hall–Kier alpha value is -0.730. The second-order valence-electron chi connectivity index (χ2n) is 5.11. The molecule has 1 rings (SSSR count). The fraction of sp³-hybridized carbons (Fsp3) is 0.900. The van der Waals surface area contributed by atoms with E-state index < -0.39 is 0 Å². The molecule has 76 valence electrons. The van der Waals surface area contributed by atoms with Crippen LogP contribution in [-0.2, 0) is 4.74 Å². The Morgan fingerprint density at radius 1 is 1.38 bits per heavy atom. The van der Waals surface area contributed by atoms with Gasteiger partial charge in [0.05, 0.1) is 6.04 Å². The van der Waals surface area contributed by atoms with Crippen molar-refractivity contribution in [1.29, 1.82) is 0 Å². The molecular weight excluding hydrogens is 166 g/mol. The highest BCUT2D eigenvalue weighted by atomic mass is 16.6. The molecule has 0 aliphatic carbocycles. The molecule has 0 bridgehead atoms. The van der Waals surface area contributed by atoms with Crippen molar-refractivity contribution in [3.8, 4) is 0 Å². The highest BCUT2D eigenvalue weighted by Crippen LogP contribution is 2.31. The van der Waals surface area contributed by atoms with Crippen LogP contribution in [0.2, 0.25) is 0 Å². The largest absolute Gasteiger partial charge is 0.443 e. The van der Waals surface area contributed by atoms with E-state index in [2.05, 4.69) is 39.9 Å². The first kappa shape index (κ1) is 10.4. The molecule has 1 N–H and O–H groups in total. The van der Waals surface area contributed by atoms with Gasteiger partial charge in [-0.15, -0.1) is 0 Å². The van der Waals surface area contributed by atoms with Gasteiger partial charge < -0.3 is 10.1 Å². The van der Waals surface area contributed by atoms with E-state index in [0.29, 0.717) is 5.92 Å². The third-order valence-electron chi connectivity index (χ3n) is 2.42. The van der Waals surface area contributed by atoms with Gasteiger partial charge in [-0.05, 0) is 5.92 Å². The van der Waals surface area contributed by atoms with Crippen LogP contribution in [0.1, 0.15) is 34.6 Å². The fourth-order valence-electron chi connectivity index (χ4n) is 1.67. The Balaban J connectivity index is 2.78. The lowest BCUT2D eigenvalue weighted by Crippen LogP contribution is -2.42. The van der Waals surface area contributed by atoms with Gasteiger partial charge in [0.1, 0.15) is 6.10 Å². The van der Waals surface area contributed by atoms with Crippen molar-refractivity contribution in [1.82, 2.24) is 5.32 Å². The number of alkyl carbamates (subject to hydrolysis) is 1. The molecule has 1 aliphatic heterocycles. The van der Waals surface area contributed by atoms with Crippen LogP contribution in [0.3, 0.4) is 0 Å². The van der Waals surface area contributed by atoms with Crippen LogP contribution in [0.5, 0.6) is 0 Å². The SMILES string of the molecule is CC(C)C1NC(=O)OC1C(C)(C)C. The van der Waals surface area contributed by atoms with E-state index >= 15 is 0 Å². The molecule has 3 nitrogen and oxygen atoms in total. The topological polar surface area (TPSA) is 38.3 Å². The Kier molecular flexibility index (Phi) is 2.55. The monoisotopic (exact) mass is 185 g/mol. The van der Waals surface area contributed by atoms with Crippen LogP contribution in [-0.4, -0.2) is 18.2 Å². The summed E-state index contributed by atoms with van der Waals surface area (Å²) in [5.41, 5.74) is 0.00803. The summed E-state index contributed by atoms with van der Waals surface area (Å²) in [5, 5.41) is 2.85. The van der Waals surface area contributed by atoms with E-state index in [0.717, 1.165) is 0 Å². The van der Waals surface area contributed by atoms with Crippen LogP contribution in [0, 0.1) is 11.3 Å². The van der Waals surface area contributed by atoms with Gasteiger partial charge in [-0.1, -0.05) is 34.6 Å². The van der Waals surface area contributed by atoms with Crippen molar-refractivity contribution in [2.75, 3.05) is 0 Å². The van der Waals surface area contributed by atoms with E-state index in [1.165, 1.54) is 0 Å². The summed E-state index contributed by atoms with van der Waals surface area (Å²) in [5.74, 6) is 0.413. The third kappa shape index (κ3) is 2.14. The quantitative estimate of drug-likeness (QED) is 0.680. The van der Waals surface area contributed by atoms with Crippen molar-refractivity contribution in [3.63, 3.8) is 0 Å². The highest BCUT2D eigenvalue weighted by molar-refractivity contribution is 5.70. The smallest absolute Gasteiger partial charge is 0.407 e. The van der Waals surface area contributed by atoms with Crippen molar-refractivity contribution in [2.24, 2.45) is 11.3 Å². The lowest BCUT2D eigenvalue weighted by atomic mass is 9.81. The van der Waals surface area contributed by atoms with Crippen LogP contribution in [0.25, 0.3) is 0 Å². The maximum Gasteiger partial charge on any atom is 0.407 e. The van der Waals surface area contributed by atoms with Crippen molar-refractivity contribution in [2.45, 2.75) is 46.8 Å². The number of hydrogen-bond donors (Lipinski definition) is 1. The molecule has 1 aliphatic rings. The molecule has 0 radical (unpaired) electrons. The van der Waals surface area contributed by atoms with Gasteiger partial charge in [0.2, 0.25) is 0 Å². The molecule has 0 aromatic rings. The lowest BCUT2D eigenvalue weighted by molar-refractivity contribution is 0.0476. The van der Waals surface area contributed by atoms with Gasteiger partial charge in [-0.3, -0.25) is 0 Å². The summed E-state index contributed by atoms with van der Waals surface area (Å²) in [6.07, 6.45) is -0.293. The fourth-order valence-corrected chi connectivity index (χ4v) is 1.67. The zero-order valence-electron chi connectivity index (χ0n) is 9.05. The molecule has 0 aromatic carbocycles. The second-order valence-corrected chi connectivity index (χ2v) is 5.11. The van der Waals surface area contributed by atoms with E-state index in [4.69, 9.17) is 4.74 Å². The van der Waals surface area contributed by atoms with Crippen LogP contribution < -0.4 is 5.32 Å². The molecule has 1 fully saturated rings. The molecular formula is C10H19NO2. The molecule has 0 aromatic heterocycles. The second kappa shape index (κ2) is 3.20. The van der Waals surface area contributed by atoms with Crippen LogP contribution in [0.4, 0.5) is 4.79 Å². The van der Waals surface area contributed by atoms with Gasteiger partial charge in [0.15, 0.2) is 0 Å². The first-order valence-electron chi connectivity index (χ1n) is 4.79. The van der Waals surface area contributed by atoms with Crippen LogP contribution >= 0.6 is 0 Å². The zero-order chi connectivity index (χ0) is 10.2. The third-order valence-corrected chi connectivity index (χ3v) is 2.42. The number of cyclic esters (lactones) is 1. The molecule has 1 saturated heterocycles. The molecule has 1 amide bonds. The molecule has 1 heterocycles. The predicted octanol–water partition coefficient (Wildman–Crippen LogP) is 2.17. The Morgan fingerprint density at radius 2 is 1.92 bits per heavy atom. The summed E-state index contributed by atoms with van der Waals surface area (Å²) < 4.78 is 5.25. The molecule has 0 saturated carbocycles. The number of amides is 1. The first-order valence-corrected chi connectivity index (χ1v) is 4.79. The van der Waals surface area contributed by atoms with Crippen LogP contribution in [0.15, 0.2) is 0 Å². The van der Waals surface area contributed by atoms with Gasteiger partial charge in [-0.2, -0.15) is 0 Å². The minimum Gasteiger partial charge on any atom is -0.443 e. The summed E-state index contributed by atoms with van der Waals surface area (Å²) in [6.45, 7) is 10.5. The Morgan fingerprint density at radius 3 is 2.23 bits per heavy atom. The van der Waals surface area contributed by atoms with E-state index in [1.807, 2.05) is 0 Å². The Labute approximate surface area is 79.8 Å². The molecule has 3 heteroatoms. The van der Waals surface area contributed by atoms with Crippen molar-refractivity contribution >= 4 is 6.09 Å². The van der Waals surface area contributed by atoms with Gasteiger partial charge in [-0.25, -0.2) is 4.79 Å². The van der Waals surface area contributed by atoms with Crippen molar-refractivity contribution < 1.29 is 9.53 Å². The number of ether oxygens (including phenoxy) is 1. The van der Waals surface area contributed by atoms with Crippen molar-refractivity contribution in [3.05, 3.63) is 0 Å². The van der Waals surface area contributed by atoms with E-state index in [1.54, 1.807) is 0 Å². The molecule has 0 spiro atoms. The first-order chi connectivity index (χ1) is 5.82. The normalized spacial score (nSPS) is 28.9. The maximum absolute atomic E-state index is 11.1. The minimum atomic E-state index is -0.279. The number of carbonyl (C=O) groups is 1. The van der Waals surface area contributed by atoms with Gasteiger partial charge >= 0.3 is 6.09 Å². The summed E-state index contributed by atoms with van der Waals surface area (Å²) in [4.78, 5) is 11.1. The average molecular weight is 185 g/mol. The number of nitrogens with one attached hydrogen (secondary N) is 1. The van der Waals surface area contributed by atoms with E-state index in [9.17, 15) is 4.79 Å².